The number of aromatic nitrogens is 1. The van der Waals surface area contributed by atoms with Crippen molar-refractivity contribution in [1.29, 1.82) is 0 Å². The Balaban J connectivity index is 2.07. The predicted octanol–water partition coefficient (Wildman–Crippen LogP) is 3.83. The minimum atomic E-state index is -1.09. The van der Waals surface area contributed by atoms with Gasteiger partial charge in [-0.15, -0.1) is 0 Å². The highest BCUT2D eigenvalue weighted by molar-refractivity contribution is 5.97. The Morgan fingerprint density at radius 2 is 1.76 bits per heavy atom. The third-order valence-electron chi connectivity index (χ3n) is 4.64. The van der Waals surface area contributed by atoms with Crippen LogP contribution in [0.2, 0.25) is 0 Å². The molecule has 0 saturated heterocycles. The molecule has 2 rings (SSSR count). The molecule has 0 fully saturated rings. The van der Waals surface area contributed by atoms with Gasteiger partial charge in [0.25, 0.3) is 5.91 Å². The van der Waals surface area contributed by atoms with E-state index in [-0.39, 0.29) is 23.1 Å². The molecule has 1 aromatic carbocycles. The molecule has 2 aromatic rings. The second kappa shape index (κ2) is 12.1. The molecule has 0 saturated carbocycles. The van der Waals surface area contributed by atoms with Gasteiger partial charge in [0.1, 0.15) is 24.1 Å². The molecule has 0 radical (unpaired) electrons. The quantitative estimate of drug-likeness (QED) is 0.518. The number of ether oxygens (including phenoxy) is 3. The molecule has 3 atom stereocenters. The van der Waals surface area contributed by atoms with Gasteiger partial charge >= 0.3 is 11.9 Å². The van der Waals surface area contributed by atoms with Gasteiger partial charge in [-0.25, -0.2) is 18.6 Å². The molecule has 0 aliphatic heterocycles. The van der Waals surface area contributed by atoms with Crippen LogP contribution in [0.4, 0.5) is 8.78 Å². The fraction of sp³-hybridized carbons (Fsp3) is 0.417. The van der Waals surface area contributed by atoms with Crippen molar-refractivity contribution in [3.63, 3.8) is 0 Å². The molecule has 0 spiro atoms. The van der Waals surface area contributed by atoms with Crippen LogP contribution < -0.4 is 14.8 Å². The maximum absolute atomic E-state index is 14.1. The summed E-state index contributed by atoms with van der Waals surface area (Å²) in [6.07, 6.45) is 0.120. The van der Waals surface area contributed by atoms with Crippen LogP contribution in [0.1, 0.15) is 51.5 Å². The Morgan fingerprint density at radius 1 is 1.06 bits per heavy atom. The van der Waals surface area contributed by atoms with Gasteiger partial charge < -0.3 is 19.5 Å². The van der Waals surface area contributed by atoms with Crippen molar-refractivity contribution in [2.75, 3.05) is 0 Å². The molecule has 8 nitrogen and oxygen atoms in total. The zero-order valence-electron chi connectivity index (χ0n) is 19.6. The van der Waals surface area contributed by atoms with Gasteiger partial charge in [-0.05, 0) is 50.5 Å². The number of hydrogen-bond donors (Lipinski definition) is 1. The van der Waals surface area contributed by atoms with Gasteiger partial charge in [0.05, 0.1) is 0 Å². The Kier molecular flexibility index (Phi) is 9.47. The lowest BCUT2D eigenvalue weighted by atomic mass is 10.0. The Bertz CT molecular complexity index is 1030. The first-order chi connectivity index (χ1) is 16.0. The van der Waals surface area contributed by atoms with Gasteiger partial charge in [-0.1, -0.05) is 13.8 Å². The second-order valence-electron chi connectivity index (χ2n) is 8.14. The zero-order valence-corrected chi connectivity index (χ0v) is 19.6. The molecule has 34 heavy (non-hydrogen) atoms. The SMILES string of the molecule is CC(=O)Oc1cccnc1C(=O)N[C@@H](C)C(=O)O[C@@H](C)[C@@H](CC(C)C)Oc1cc(F)ccc1F. The molecule has 0 aliphatic rings. The minimum absolute atomic E-state index is 0.0519. The number of amides is 1. The van der Waals surface area contributed by atoms with Crippen molar-refractivity contribution in [1.82, 2.24) is 10.3 Å². The van der Waals surface area contributed by atoms with E-state index in [4.69, 9.17) is 14.2 Å². The lowest BCUT2D eigenvalue weighted by Crippen LogP contribution is -2.43. The summed E-state index contributed by atoms with van der Waals surface area (Å²) in [6, 6.07) is 4.65. The third kappa shape index (κ3) is 7.79. The summed E-state index contributed by atoms with van der Waals surface area (Å²) in [5, 5.41) is 2.44. The van der Waals surface area contributed by atoms with E-state index >= 15 is 0 Å². The standard InChI is InChI=1S/C24H28F2N2O6/c1-13(2)11-20(34-21-12-17(25)8-9-18(21)26)15(4)32-24(31)14(3)28-23(30)22-19(33-16(5)29)7-6-10-27-22/h6-10,12-15,20H,11H2,1-5H3,(H,28,30)/t14-,15-,20+/m0/s1. The molecule has 0 unspecified atom stereocenters. The molecule has 1 aromatic heterocycles. The van der Waals surface area contributed by atoms with Gasteiger partial charge in [-0.3, -0.25) is 9.59 Å². The lowest BCUT2D eigenvalue weighted by Gasteiger charge is -2.27. The number of nitrogens with zero attached hydrogens (tertiary/aromatic N) is 1. The molecule has 184 valence electrons. The summed E-state index contributed by atoms with van der Waals surface area (Å²) in [7, 11) is 0. The first kappa shape index (κ1) is 26.7. The summed E-state index contributed by atoms with van der Waals surface area (Å²) in [6.45, 7) is 7.97. The summed E-state index contributed by atoms with van der Waals surface area (Å²) in [5.41, 5.74) is -0.173. The number of carbonyl (C=O) groups excluding carboxylic acids is 3. The molecule has 0 aliphatic carbocycles. The number of halogens is 2. The zero-order chi connectivity index (χ0) is 25.4. The maximum Gasteiger partial charge on any atom is 0.328 e. The molecule has 1 N–H and O–H groups in total. The minimum Gasteiger partial charge on any atom is -0.483 e. The molecular formula is C24H28F2N2O6. The Hall–Kier alpha value is -3.56. The van der Waals surface area contributed by atoms with Crippen LogP contribution in [-0.4, -0.2) is 41.1 Å². The van der Waals surface area contributed by atoms with Crippen LogP contribution in [0, 0.1) is 17.6 Å². The summed E-state index contributed by atoms with van der Waals surface area (Å²) in [5.74, 6) is -3.80. The fourth-order valence-corrected chi connectivity index (χ4v) is 3.01. The van der Waals surface area contributed by atoms with Crippen molar-refractivity contribution >= 4 is 17.8 Å². The van der Waals surface area contributed by atoms with Crippen molar-refractivity contribution in [3.8, 4) is 11.5 Å². The van der Waals surface area contributed by atoms with E-state index in [0.29, 0.717) is 6.42 Å². The number of benzene rings is 1. The molecule has 1 amide bonds. The van der Waals surface area contributed by atoms with E-state index in [1.54, 1.807) is 6.92 Å². The smallest absolute Gasteiger partial charge is 0.328 e. The van der Waals surface area contributed by atoms with E-state index in [1.165, 1.54) is 32.2 Å². The summed E-state index contributed by atoms with van der Waals surface area (Å²) < 4.78 is 43.6. The van der Waals surface area contributed by atoms with Crippen LogP contribution in [-0.2, 0) is 14.3 Å². The highest BCUT2D eigenvalue weighted by Gasteiger charge is 2.28. The summed E-state index contributed by atoms with van der Waals surface area (Å²) >= 11 is 0. The van der Waals surface area contributed by atoms with E-state index in [2.05, 4.69) is 10.3 Å². The number of hydrogen-bond acceptors (Lipinski definition) is 7. The Morgan fingerprint density at radius 3 is 2.41 bits per heavy atom. The maximum atomic E-state index is 14.1. The number of rotatable bonds is 10. The largest absolute Gasteiger partial charge is 0.483 e. The van der Waals surface area contributed by atoms with Gasteiger partial charge in [0, 0.05) is 19.2 Å². The van der Waals surface area contributed by atoms with E-state index in [9.17, 15) is 23.2 Å². The first-order valence-electron chi connectivity index (χ1n) is 10.7. The monoisotopic (exact) mass is 478 g/mol. The number of esters is 2. The lowest BCUT2D eigenvalue weighted by molar-refractivity contribution is -0.155. The van der Waals surface area contributed by atoms with E-state index in [1.807, 2.05) is 13.8 Å². The van der Waals surface area contributed by atoms with E-state index < -0.39 is 47.7 Å². The van der Waals surface area contributed by atoms with E-state index in [0.717, 1.165) is 18.2 Å². The molecule has 0 bridgehead atoms. The average molecular weight is 478 g/mol. The highest BCUT2D eigenvalue weighted by atomic mass is 19.1. The van der Waals surface area contributed by atoms with Crippen molar-refractivity contribution < 1.29 is 37.4 Å². The van der Waals surface area contributed by atoms with Crippen LogP contribution >= 0.6 is 0 Å². The average Bonchev–Trinajstić information content (AvgIpc) is 2.75. The van der Waals surface area contributed by atoms with Gasteiger partial charge in [0.2, 0.25) is 0 Å². The highest BCUT2D eigenvalue weighted by Crippen LogP contribution is 2.24. The first-order valence-corrected chi connectivity index (χ1v) is 10.7. The number of carbonyl (C=O) groups is 3. The molecular weight excluding hydrogens is 450 g/mol. The number of pyridine rings is 1. The van der Waals surface area contributed by atoms with Crippen molar-refractivity contribution in [3.05, 3.63) is 53.9 Å². The van der Waals surface area contributed by atoms with Crippen LogP contribution in [0.3, 0.4) is 0 Å². The predicted molar refractivity (Wildman–Crippen MR) is 118 cm³/mol. The fourth-order valence-electron chi connectivity index (χ4n) is 3.01. The molecule has 10 heteroatoms. The van der Waals surface area contributed by atoms with Gasteiger partial charge in [0.15, 0.2) is 23.0 Å². The Labute approximate surface area is 196 Å². The van der Waals surface area contributed by atoms with Crippen LogP contribution in [0.15, 0.2) is 36.5 Å². The van der Waals surface area contributed by atoms with Crippen LogP contribution in [0.25, 0.3) is 0 Å². The van der Waals surface area contributed by atoms with Crippen molar-refractivity contribution in [2.24, 2.45) is 5.92 Å². The van der Waals surface area contributed by atoms with Crippen molar-refractivity contribution in [2.45, 2.75) is 59.3 Å². The summed E-state index contributed by atoms with van der Waals surface area (Å²) in [4.78, 5) is 40.3. The molecule has 1 heterocycles. The normalized spacial score (nSPS) is 13.5. The van der Waals surface area contributed by atoms with Gasteiger partial charge in [-0.2, -0.15) is 0 Å². The van der Waals surface area contributed by atoms with Crippen LogP contribution in [0.5, 0.6) is 11.5 Å². The third-order valence-corrected chi connectivity index (χ3v) is 4.64. The topological polar surface area (TPSA) is 104 Å². The number of nitrogens with one attached hydrogen (secondary N) is 1. The second-order valence-corrected chi connectivity index (χ2v) is 8.14.